The van der Waals surface area contributed by atoms with Crippen molar-refractivity contribution in [2.45, 2.75) is 25.7 Å². The van der Waals surface area contributed by atoms with Crippen LogP contribution in [0.15, 0.2) is 72.9 Å². The molecule has 122 valence electrons. The minimum Gasteiger partial charge on any atom is -0.396 e. The van der Waals surface area contributed by atoms with Gasteiger partial charge in [0, 0.05) is 23.9 Å². The molecule has 1 N–H and O–H groups in total. The van der Waals surface area contributed by atoms with Gasteiger partial charge in [-0.3, -0.25) is 4.98 Å². The van der Waals surface area contributed by atoms with Crippen LogP contribution in [0.25, 0.3) is 0 Å². The molecule has 2 aromatic carbocycles. The highest BCUT2D eigenvalue weighted by atomic mass is 16.3. The quantitative estimate of drug-likeness (QED) is 0.756. The van der Waals surface area contributed by atoms with E-state index in [4.69, 9.17) is 0 Å². The van der Waals surface area contributed by atoms with E-state index >= 15 is 0 Å². The maximum Gasteiger partial charge on any atom is 0.0476 e. The lowest BCUT2D eigenvalue weighted by atomic mass is 9.66. The van der Waals surface area contributed by atoms with Crippen molar-refractivity contribution < 1.29 is 5.11 Å². The molecule has 0 aliphatic heterocycles. The lowest BCUT2D eigenvalue weighted by Gasteiger charge is -2.37. The monoisotopic (exact) mass is 317 g/mol. The van der Waals surface area contributed by atoms with Crippen LogP contribution in [0.2, 0.25) is 0 Å². The highest BCUT2D eigenvalue weighted by Gasteiger charge is 2.36. The van der Waals surface area contributed by atoms with Gasteiger partial charge in [-0.05, 0) is 54.7 Å². The summed E-state index contributed by atoms with van der Waals surface area (Å²) in [4.78, 5) is 4.36. The molecular formula is C22H23NO. The Morgan fingerprint density at radius 3 is 2.25 bits per heavy atom. The van der Waals surface area contributed by atoms with Gasteiger partial charge in [-0.15, -0.1) is 0 Å². The Kier molecular flexibility index (Phi) is 4.77. The van der Waals surface area contributed by atoms with E-state index in [-0.39, 0.29) is 12.0 Å². The molecular weight excluding hydrogens is 294 g/mol. The van der Waals surface area contributed by atoms with Crippen LogP contribution < -0.4 is 0 Å². The molecule has 0 aliphatic carbocycles. The van der Waals surface area contributed by atoms with Crippen molar-refractivity contribution >= 4 is 0 Å². The van der Waals surface area contributed by atoms with E-state index in [0.717, 1.165) is 5.69 Å². The van der Waals surface area contributed by atoms with Crippen molar-refractivity contribution in [1.29, 1.82) is 0 Å². The number of benzene rings is 2. The summed E-state index contributed by atoms with van der Waals surface area (Å²) in [5.74, 6) is 0. The summed E-state index contributed by atoms with van der Waals surface area (Å²) in [6, 6.07) is 23.1. The number of hydrogen-bond donors (Lipinski definition) is 1. The molecule has 0 aliphatic rings. The summed E-state index contributed by atoms with van der Waals surface area (Å²) in [6.45, 7) is 4.26. The summed E-state index contributed by atoms with van der Waals surface area (Å²) < 4.78 is 0. The first-order valence-electron chi connectivity index (χ1n) is 8.34. The Morgan fingerprint density at radius 2 is 1.58 bits per heavy atom. The van der Waals surface area contributed by atoms with E-state index in [1.54, 1.807) is 0 Å². The maximum atomic E-state index is 9.93. The second-order valence-electron chi connectivity index (χ2n) is 6.25. The first-order chi connectivity index (χ1) is 11.7. The van der Waals surface area contributed by atoms with Gasteiger partial charge in [0.25, 0.3) is 0 Å². The van der Waals surface area contributed by atoms with Crippen LogP contribution in [0.5, 0.6) is 0 Å². The lowest BCUT2D eigenvalue weighted by molar-refractivity contribution is 0.265. The number of aliphatic hydroxyl groups is 1. The van der Waals surface area contributed by atoms with Crippen LogP contribution in [0.1, 0.15) is 34.4 Å². The Hall–Kier alpha value is -2.45. The average Bonchev–Trinajstić information content (AvgIpc) is 2.61. The zero-order valence-corrected chi connectivity index (χ0v) is 14.2. The van der Waals surface area contributed by atoms with Crippen molar-refractivity contribution in [2.75, 3.05) is 6.61 Å². The minimum atomic E-state index is -0.380. The first-order valence-corrected chi connectivity index (χ1v) is 8.34. The molecule has 0 fully saturated rings. The molecule has 1 atom stereocenters. The summed E-state index contributed by atoms with van der Waals surface area (Å²) in [5, 5.41) is 9.93. The van der Waals surface area contributed by atoms with Crippen LogP contribution in [-0.2, 0) is 5.41 Å². The fourth-order valence-corrected chi connectivity index (χ4v) is 3.65. The molecule has 0 amide bonds. The van der Waals surface area contributed by atoms with E-state index < -0.39 is 0 Å². The molecule has 0 unspecified atom stereocenters. The van der Waals surface area contributed by atoms with E-state index in [9.17, 15) is 5.11 Å². The molecule has 0 radical (unpaired) electrons. The highest BCUT2D eigenvalue weighted by Crippen LogP contribution is 2.43. The molecule has 1 heterocycles. The summed E-state index contributed by atoms with van der Waals surface area (Å²) >= 11 is 0. The van der Waals surface area contributed by atoms with Crippen LogP contribution in [0.4, 0.5) is 0 Å². The molecule has 0 saturated carbocycles. The number of aryl methyl sites for hydroxylation is 2. The fourth-order valence-electron chi connectivity index (χ4n) is 3.65. The van der Waals surface area contributed by atoms with Gasteiger partial charge in [0.2, 0.25) is 0 Å². The third kappa shape index (κ3) is 2.85. The minimum absolute atomic E-state index is 0.116. The van der Waals surface area contributed by atoms with Gasteiger partial charge in [-0.1, -0.05) is 54.6 Å². The smallest absolute Gasteiger partial charge is 0.0476 e. The standard InChI is InChI=1S/C22H23NO/c1-17-8-6-7-11-21(17)22(13-15-24,19-9-4-3-5-10-19)20-12-14-23-18(2)16-20/h3-12,14,16,24H,13,15H2,1-2H3/t22-/m1/s1. The van der Waals surface area contributed by atoms with Gasteiger partial charge in [0.1, 0.15) is 0 Å². The number of aliphatic hydroxyl groups excluding tert-OH is 1. The Balaban J connectivity index is 2.36. The Bertz CT molecular complexity index is 813. The average molecular weight is 317 g/mol. The van der Waals surface area contributed by atoms with Crippen LogP contribution >= 0.6 is 0 Å². The van der Waals surface area contributed by atoms with Gasteiger partial charge in [-0.2, -0.15) is 0 Å². The Morgan fingerprint density at radius 1 is 0.875 bits per heavy atom. The zero-order valence-electron chi connectivity index (χ0n) is 14.2. The van der Waals surface area contributed by atoms with E-state index in [0.29, 0.717) is 6.42 Å². The third-order valence-corrected chi connectivity index (χ3v) is 4.75. The molecule has 24 heavy (non-hydrogen) atoms. The topological polar surface area (TPSA) is 33.1 Å². The fraction of sp³-hybridized carbons (Fsp3) is 0.227. The second-order valence-corrected chi connectivity index (χ2v) is 6.25. The number of hydrogen-bond acceptors (Lipinski definition) is 2. The number of nitrogens with zero attached hydrogens (tertiary/aromatic N) is 1. The van der Waals surface area contributed by atoms with Crippen molar-refractivity contribution in [2.24, 2.45) is 0 Å². The van der Waals surface area contributed by atoms with Crippen molar-refractivity contribution in [3.8, 4) is 0 Å². The molecule has 0 saturated heterocycles. The van der Waals surface area contributed by atoms with E-state index in [1.165, 1.54) is 22.3 Å². The van der Waals surface area contributed by atoms with E-state index in [2.05, 4.69) is 72.6 Å². The van der Waals surface area contributed by atoms with Gasteiger partial charge >= 0.3 is 0 Å². The molecule has 2 nitrogen and oxygen atoms in total. The second kappa shape index (κ2) is 6.98. The van der Waals surface area contributed by atoms with Gasteiger partial charge in [0.15, 0.2) is 0 Å². The van der Waals surface area contributed by atoms with Gasteiger partial charge < -0.3 is 5.11 Å². The zero-order chi connectivity index (χ0) is 17.0. The third-order valence-electron chi connectivity index (χ3n) is 4.75. The number of pyridine rings is 1. The molecule has 0 spiro atoms. The predicted octanol–water partition coefficient (Wildman–Crippen LogP) is 4.42. The van der Waals surface area contributed by atoms with Crippen molar-refractivity contribution in [3.05, 3.63) is 101 Å². The largest absolute Gasteiger partial charge is 0.396 e. The van der Waals surface area contributed by atoms with Gasteiger partial charge in [0.05, 0.1) is 0 Å². The first kappa shape index (κ1) is 16.4. The van der Waals surface area contributed by atoms with Crippen molar-refractivity contribution in [3.63, 3.8) is 0 Å². The molecule has 3 aromatic rings. The van der Waals surface area contributed by atoms with Crippen LogP contribution in [-0.4, -0.2) is 16.7 Å². The lowest BCUT2D eigenvalue weighted by Crippen LogP contribution is -2.31. The molecule has 3 rings (SSSR count). The van der Waals surface area contributed by atoms with Crippen LogP contribution in [0, 0.1) is 13.8 Å². The van der Waals surface area contributed by atoms with E-state index in [1.807, 2.05) is 19.2 Å². The number of rotatable bonds is 5. The predicted molar refractivity (Wildman–Crippen MR) is 98.2 cm³/mol. The van der Waals surface area contributed by atoms with Gasteiger partial charge in [-0.25, -0.2) is 0 Å². The molecule has 0 bridgehead atoms. The molecule has 2 heteroatoms. The molecule has 1 aromatic heterocycles. The Labute approximate surface area is 143 Å². The van der Waals surface area contributed by atoms with Crippen molar-refractivity contribution in [1.82, 2.24) is 4.98 Å². The summed E-state index contributed by atoms with van der Waals surface area (Å²) in [5.41, 5.74) is 5.43. The highest BCUT2D eigenvalue weighted by molar-refractivity contribution is 5.52. The summed E-state index contributed by atoms with van der Waals surface area (Å²) in [7, 11) is 0. The normalized spacial score (nSPS) is 13.5. The van der Waals surface area contributed by atoms with Crippen LogP contribution in [0.3, 0.4) is 0 Å². The maximum absolute atomic E-state index is 9.93. The summed E-state index contributed by atoms with van der Waals surface area (Å²) in [6.07, 6.45) is 2.49. The SMILES string of the molecule is Cc1cc([C@@](CCO)(c2ccccc2)c2ccccc2C)ccn1. The number of aromatic nitrogens is 1.